The molecule has 0 aliphatic carbocycles. The van der Waals surface area contributed by atoms with E-state index >= 15 is 0 Å². The first-order valence-corrected chi connectivity index (χ1v) is 8.57. The van der Waals surface area contributed by atoms with Crippen LogP contribution in [0.15, 0.2) is 28.7 Å². The third kappa shape index (κ3) is 2.83. The summed E-state index contributed by atoms with van der Waals surface area (Å²) in [5, 5.41) is 1.12. The second-order valence-corrected chi connectivity index (χ2v) is 7.49. The van der Waals surface area contributed by atoms with Gasteiger partial charge >= 0.3 is 0 Å². The maximum absolute atomic E-state index is 12.5. The molecule has 1 aromatic carbocycles. The van der Waals surface area contributed by atoms with Crippen molar-refractivity contribution in [2.75, 3.05) is 4.72 Å². The van der Waals surface area contributed by atoms with E-state index in [0.29, 0.717) is 38.0 Å². The molecule has 0 saturated heterocycles. The summed E-state index contributed by atoms with van der Waals surface area (Å²) >= 11 is 12.8. The van der Waals surface area contributed by atoms with Gasteiger partial charge in [0.05, 0.1) is 27.4 Å². The standard InChI is InChI=1S/C12H7Cl2F2N3OS2/c13-5-1-2-7(10-9(5)6(14)3-17-10)19-22(20)8-4-18-12(21-8)11(15)16/h1-4,11,17,19H. The van der Waals surface area contributed by atoms with Crippen LogP contribution in [0.1, 0.15) is 11.4 Å². The van der Waals surface area contributed by atoms with E-state index in [2.05, 4.69) is 14.7 Å². The Labute approximate surface area is 140 Å². The molecule has 0 spiro atoms. The summed E-state index contributed by atoms with van der Waals surface area (Å²) in [6.07, 6.45) is 0.0536. The fourth-order valence-electron chi connectivity index (χ4n) is 1.86. The molecule has 22 heavy (non-hydrogen) atoms. The van der Waals surface area contributed by atoms with Gasteiger partial charge in [-0.25, -0.2) is 18.0 Å². The number of H-pyrrole nitrogens is 1. The van der Waals surface area contributed by atoms with E-state index in [1.165, 1.54) is 6.20 Å². The van der Waals surface area contributed by atoms with Crippen LogP contribution < -0.4 is 4.72 Å². The molecule has 0 aliphatic rings. The predicted molar refractivity (Wildman–Crippen MR) is 85.4 cm³/mol. The van der Waals surface area contributed by atoms with Crippen molar-refractivity contribution in [1.29, 1.82) is 0 Å². The van der Waals surface area contributed by atoms with Crippen LogP contribution in [-0.2, 0) is 11.0 Å². The van der Waals surface area contributed by atoms with Gasteiger partial charge in [-0.05, 0) is 12.1 Å². The quantitative estimate of drug-likeness (QED) is 0.667. The molecule has 1 unspecified atom stereocenters. The number of hydrogen-bond donors (Lipinski definition) is 2. The van der Waals surface area contributed by atoms with Crippen molar-refractivity contribution in [2.45, 2.75) is 10.6 Å². The van der Waals surface area contributed by atoms with Crippen molar-refractivity contribution in [2.24, 2.45) is 0 Å². The Bertz CT molecular complexity index is 865. The van der Waals surface area contributed by atoms with E-state index in [9.17, 15) is 13.0 Å². The van der Waals surface area contributed by atoms with Crippen LogP contribution in [0, 0.1) is 0 Å². The predicted octanol–water partition coefficient (Wildman–Crippen LogP) is 5.00. The van der Waals surface area contributed by atoms with Gasteiger partial charge in [0.15, 0.2) is 16.0 Å². The lowest BCUT2D eigenvalue weighted by Gasteiger charge is -2.06. The van der Waals surface area contributed by atoms with Crippen LogP contribution in [0.25, 0.3) is 10.9 Å². The molecule has 0 aliphatic heterocycles. The Kier molecular flexibility index (Phi) is 4.35. The van der Waals surface area contributed by atoms with Gasteiger partial charge in [-0.2, -0.15) is 0 Å². The summed E-state index contributed by atoms with van der Waals surface area (Å²) in [7, 11) is -1.72. The highest BCUT2D eigenvalue weighted by Crippen LogP contribution is 2.35. The summed E-state index contributed by atoms with van der Waals surface area (Å²) in [6, 6.07) is 3.24. The highest BCUT2D eigenvalue weighted by molar-refractivity contribution is 7.88. The fraction of sp³-hybridized carbons (Fsp3) is 0.0833. The van der Waals surface area contributed by atoms with Crippen molar-refractivity contribution in [1.82, 2.24) is 9.97 Å². The zero-order valence-electron chi connectivity index (χ0n) is 10.6. The Balaban J connectivity index is 1.92. The number of benzene rings is 1. The number of rotatable bonds is 4. The molecule has 0 fully saturated rings. The van der Waals surface area contributed by atoms with Gasteiger partial charge < -0.3 is 4.98 Å². The Morgan fingerprint density at radius 1 is 1.32 bits per heavy atom. The van der Waals surface area contributed by atoms with Crippen molar-refractivity contribution in [3.63, 3.8) is 0 Å². The van der Waals surface area contributed by atoms with Crippen molar-refractivity contribution < 1.29 is 13.0 Å². The van der Waals surface area contributed by atoms with Crippen LogP contribution >= 0.6 is 34.5 Å². The molecular weight excluding hydrogens is 375 g/mol. The maximum Gasteiger partial charge on any atom is 0.289 e. The van der Waals surface area contributed by atoms with E-state index in [1.807, 2.05) is 0 Å². The van der Waals surface area contributed by atoms with Gasteiger partial charge in [-0.1, -0.05) is 23.2 Å². The van der Waals surface area contributed by atoms with E-state index in [0.717, 1.165) is 0 Å². The normalized spacial score (nSPS) is 13.0. The van der Waals surface area contributed by atoms with Gasteiger partial charge in [0.2, 0.25) is 0 Å². The number of alkyl halides is 2. The minimum Gasteiger partial charge on any atom is -0.358 e. The number of aromatic amines is 1. The zero-order valence-corrected chi connectivity index (χ0v) is 13.7. The molecule has 2 N–H and O–H groups in total. The van der Waals surface area contributed by atoms with Crippen molar-refractivity contribution in [3.05, 3.63) is 39.6 Å². The molecule has 3 aromatic rings. The van der Waals surface area contributed by atoms with E-state index in [4.69, 9.17) is 23.2 Å². The van der Waals surface area contributed by atoms with Crippen LogP contribution in [0.4, 0.5) is 14.5 Å². The lowest BCUT2D eigenvalue weighted by atomic mass is 10.2. The molecule has 3 rings (SSSR count). The highest BCUT2D eigenvalue weighted by atomic mass is 35.5. The second kappa shape index (κ2) is 6.11. The smallest absolute Gasteiger partial charge is 0.289 e. The third-order valence-corrected chi connectivity index (χ3v) is 5.80. The number of halogens is 4. The first-order valence-electron chi connectivity index (χ1n) is 5.84. The zero-order chi connectivity index (χ0) is 15.9. The van der Waals surface area contributed by atoms with E-state index in [-0.39, 0.29) is 9.22 Å². The lowest BCUT2D eigenvalue weighted by molar-refractivity contribution is 0.151. The SMILES string of the molecule is O=S(Nc1ccc(Cl)c2c(Cl)c[nH]c12)c1cnc(C(F)F)s1. The average Bonchev–Trinajstić information content (AvgIpc) is 3.09. The number of anilines is 1. The van der Waals surface area contributed by atoms with Crippen LogP contribution in [0.5, 0.6) is 0 Å². The van der Waals surface area contributed by atoms with Gasteiger partial charge in [-0.3, -0.25) is 4.72 Å². The lowest BCUT2D eigenvalue weighted by Crippen LogP contribution is -2.03. The minimum atomic E-state index is -2.68. The second-order valence-electron chi connectivity index (χ2n) is 4.17. The third-order valence-electron chi connectivity index (χ3n) is 2.81. The monoisotopic (exact) mass is 381 g/mol. The molecule has 1 atom stereocenters. The molecule has 2 aromatic heterocycles. The summed E-state index contributed by atoms with van der Waals surface area (Å²) < 4.78 is 40.2. The van der Waals surface area contributed by atoms with Crippen LogP contribution in [0.2, 0.25) is 10.0 Å². The number of thiazole rings is 1. The largest absolute Gasteiger partial charge is 0.358 e. The fourth-order valence-corrected chi connectivity index (χ4v) is 4.23. The Morgan fingerprint density at radius 3 is 2.77 bits per heavy atom. The summed E-state index contributed by atoms with van der Waals surface area (Å²) in [4.78, 5) is 6.48. The highest BCUT2D eigenvalue weighted by Gasteiger charge is 2.17. The Morgan fingerprint density at radius 2 is 2.09 bits per heavy atom. The molecule has 2 heterocycles. The van der Waals surface area contributed by atoms with E-state index in [1.54, 1.807) is 18.3 Å². The average molecular weight is 382 g/mol. The molecule has 0 bridgehead atoms. The van der Waals surface area contributed by atoms with Crippen LogP contribution in [-0.4, -0.2) is 14.2 Å². The summed E-state index contributed by atoms with van der Waals surface area (Å²) in [5.74, 6) is 0. The topological polar surface area (TPSA) is 57.8 Å². The number of fused-ring (bicyclic) bond motifs is 1. The van der Waals surface area contributed by atoms with E-state index < -0.39 is 17.4 Å². The summed E-state index contributed by atoms with van der Waals surface area (Å²) in [5.41, 5.74) is 1.08. The van der Waals surface area contributed by atoms with Crippen LogP contribution in [0.3, 0.4) is 0 Å². The maximum atomic E-state index is 12.5. The molecule has 0 saturated carbocycles. The number of hydrogen-bond acceptors (Lipinski definition) is 3. The van der Waals surface area contributed by atoms with Gasteiger partial charge in [0, 0.05) is 11.6 Å². The molecule has 4 nitrogen and oxygen atoms in total. The Hall–Kier alpha value is -1.22. The van der Waals surface area contributed by atoms with Crippen molar-refractivity contribution in [3.8, 4) is 0 Å². The van der Waals surface area contributed by atoms with Gasteiger partial charge in [-0.15, -0.1) is 11.3 Å². The van der Waals surface area contributed by atoms with Gasteiger partial charge in [0.25, 0.3) is 6.43 Å². The van der Waals surface area contributed by atoms with Gasteiger partial charge in [0.1, 0.15) is 4.21 Å². The molecule has 10 heteroatoms. The molecule has 116 valence electrons. The minimum absolute atomic E-state index is 0.205. The number of nitrogens with one attached hydrogen (secondary N) is 2. The summed E-state index contributed by atoms with van der Waals surface area (Å²) in [6.45, 7) is 0. The first-order chi connectivity index (χ1) is 10.5. The molecule has 0 amide bonds. The molecular formula is C12H7Cl2F2N3OS2. The molecule has 0 radical (unpaired) electrons. The number of nitrogens with zero attached hydrogens (tertiary/aromatic N) is 1. The number of aromatic nitrogens is 2. The first kappa shape index (κ1) is 15.7. The van der Waals surface area contributed by atoms with Crippen molar-refractivity contribution >= 4 is 62.1 Å².